The Labute approximate surface area is 156 Å². The Morgan fingerprint density at radius 3 is 2.35 bits per heavy atom. The fourth-order valence-electron chi connectivity index (χ4n) is 3.59. The Morgan fingerprint density at radius 1 is 1.12 bits per heavy atom. The molecular formula is C22H29N3O. The monoisotopic (exact) mass is 351 g/mol. The lowest BCUT2D eigenvalue weighted by molar-refractivity contribution is -0.120. The van der Waals surface area contributed by atoms with E-state index in [9.17, 15) is 4.79 Å². The van der Waals surface area contributed by atoms with Gasteiger partial charge in [0.15, 0.2) is 0 Å². The standard InChI is InChI=1S/C22H29N3O/c1-22(2)17-24(14-13-20(22)23)16-21(26)25(19-11-7-4-8-12-19)15-18-9-5-3-6-10-18/h3-12,20H,13-17,23H2,1-2H3. The molecule has 0 bridgehead atoms. The van der Waals surface area contributed by atoms with E-state index in [4.69, 9.17) is 5.73 Å². The molecule has 1 saturated heterocycles. The molecule has 138 valence electrons. The van der Waals surface area contributed by atoms with Gasteiger partial charge in [0.25, 0.3) is 0 Å². The summed E-state index contributed by atoms with van der Waals surface area (Å²) in [5.74, 6) is 0.131. The van der Waals surface area contributed by atoms with E-state index in [0.717, 1.165) is 30.8 Å². The zero-order valence-corrected chi connectivity index (χ0v) is 15.8. The van der Waals surface area contributed by atoms with Gasteiger partial charge in [0.1, 0.15) is 0 Å². The van der Waals surface area contributed by atoms with Gasteiger partial charge in [-0.05, 0) is 29.5 Å². The summed E-state index contributed by atoms with van der Waals surface area (Å²) in [4.78, 5) is 17.3. The quantitative estimate of drug-likeness (QED) is 0.899. The Balaban J connectivity index is 1.75. The molecule has 0 aliphatic carbocycles. The summed E-state index contributed by atoms with van der Waals surface area (Å²) in [5, 5.41) is 0. The fraction of sp³-hybridized carbons (Fsp3) is 0.409. The van der Waals surface area contributed by atoms with E-state index in [1.54, 1.807) is 0 Å². The van der Waals surface area contributed by atoms with Crippen LogP contribution in [0.1, 0.15) is 25.8 Å². The number of likely N-dealkylation sites (tertiary alicyclic amines) is 1. The van der Waals surface area contributed by atoms with Crippen LogP contribution in [0, 0.1) is 5.41 Å². The van der Waals surface area contributed by atoms with Gasteiger partial charge in [0.2, 0.25) is 5.91 Å². The summed E-state index contributed by atoms with van der Waals surface area (Å²) in [5.41, 5.74) is 8.34. The van der Waals surface area contributed by atoms with Crippen molar-refractivity contribution in [3.05, 3.63) is 66.2 Å². The lowest BCUT2D eigenvalue weighted by atomic mass is 9.80. The highest BCUT2D eigenvalue weighted by Crippen LogP contribution is 2.28. The minimum Gasteiger partial charge on any atom is -0.327 e. The molecule has 4 heteroatoms. The molecule has 2 aromatic rings. The number of hydrogen-bond donors (Lipinski definition) is 1. The highest BCUT2D eigenvalue weighted by atomic mass is 16.2. The predicted molar refractivity (Wildman–Crippen MR) is 107 cm³/mol. The first-order chi connectivity index (χ1) is 12.5. The maximum atomic E-state index is 13.2. The third kappa shape index (κ3) is 4.51. The average Bonchev–Trinajstić information content (AvgIpc) is 2.64. The molecule has 1 unspecified atom stereocenters. The van der Waals surface area contributed by atoms with Crippen LogP contribution in [0.15, 0.2) is 60.7 Å². The number of nitrogens with zero attached hydrogens (tertiary/aromatic N) is 2. The van der Waals surface area contributed by atoms with Crippen molar-refractivity contribution in [3.63, 3.8) is 0 Å². The summed E-state index contributed by atoms with van der Waals surface area (Å²) >= 11 is 0. The lowest BCUT2D eigenvalue weighted by Gasteiger charge is -2.42. The second-order valence-corrected chi connectivity index (χ2v) is 7.90. The molecule has 2 aromatic carbocycles. The Bertz CT molecular complexity index is 715. The van der Waals surface area contributed by atoms with Gasteiger partial charge in [-0.1, -0.05) is 62.4 Å². The summed E-state index contributed by atoms with van der Waals surface area (Å²) in [6.45, 7) is 7.12. The first-order valence-corrected chi connectivity index (χ1v) is 9.33. The molecule has 0 aromatic heterocycles. The zero-order chi connectivity index (χ0) is 18.6. The third-order valence-electron chi connectivity index (χ3n) is 5.30. The molecule has 0 saturated carbocycles. The molecular weight excluding hydrogens is 322 g/mol. The minimum absolute atomic E-state index is 0.0372. The number of carbonyl (C=O) groups is 1. The van der Waals surface area contributed by atoms with Crippen LogP contribution in [0.4, 0.5) is 5.69 Å². The van der Waals surface area contributed by atoms with Crippen LogP contribution in [0.5, 0.6) is 0 Å². The summed E-state index contributed by atoms with van der Waals surface area (Å²) in [6, 6.07) is 20.3. The average molecular weight is 351 g/mol. The lowest BCUT2D eigenvalue weighted by Crippen LogP contribution is -2.54. The zero-order valence-electron chi connectivity index (χ0n) is 15.8. The van der Waals surface area contributed by atoms with Crippen molar-refractivity contribution in [2.24, 2.45) is 11.1 Å². The summed E-state index contributed by atoms with van der Waals surface area (Å²) in [6.07, 6.45) is 0.935. The number of para-hydroxylation sites is 1. The summed E-state index contributed by atoms with van der Waals surface area (Å²) in [7, 11) is 0. The fourth-order valence-corrected chi connectivity index (χ4v) is 3.59. The Morgan fingerprint density at radius 2 is 1.73 bits per heavy atom. The number of benzene rings is 2. The maximum absolute atomic E-state index is 13.2. The molecule has 0 spiro atoms. The molecule has 2 N–H and O–H groups in total. The van der Waals surface area contributed by atoms with Crippen molar-refractivity contribution in [2.75, 3.05) is 24.5 Å². The van der Waals surface area contributed by atoms with E-state index < -0.39 is 0 Å². The van der Waals surface area contributed by atoms with Crippen LogP contribution in [-0.4, -0.2) is 36.5 Å². The molecule has 1 aliphatic rings. The molecule has 26 heavy (non-hydrogen) atoms. The topological polar surface area (TPSA) is 49.6 Å². The van der Waals surface area contributed by atoms with Crippen molar-refractivity contribution in [3.8, 4) is 0 Å². The van der Waals surface area contributed by atoms with Crippen LogP contribution in [0.25, 0.3) is 0 Å². The smallest absolute Gasteiger partial charge is 0.241 e. The van der Waals surface area contributed by atoms with E-state index in [2.05, 4.69) is 30.9 Å². The second-order valence-electron chi connectivity index (χ2n) is 7.90. The first kappa shape index (κ1) is 18.6. The van der Waals surface area contributed by atoms with Crippen LogP contribution >= 0.6 is 0 Å². The molecule has 0 radical (unpaired) electrons. The van der Waals surface area contributed by atoms with Crippen LogP contribution < -0.4 is 10.6 Å². The predicted octanol–water partition coefficient (Wildman–Crippen LogP) is 3.28. The Hall–Kier alpha value is -2.17. The molecule has 1 heterocycles. The normalized spacial score (nSPS) is 19.9. The van der Waals surface area contributed by atoms with E-state index in [-0.39, 0.29) is 17.4 Å². The van der Waals surface area contributed by atoms with E-state index >= 15 is 0 Å². The maximum Gasteiger partial charge on any atom is 0.241 e. The highest BCUT2D eigenvalue weighted by Gasteiger charge is 2.34. The number of anilines is 1. The van der Waals surface area contributed by atoms with Gasteiger partial charge in [-0.15, -0.1) is 0 Å². The highest BCUT2D eigenvalue weighted by molar-refractivity contribution is 5.94. The second kappa shape index (κ2) is 8.02. The number of carbonyl (C=O) groups excluding carboxylic acids is 1. The molecule has 1 atom stereocenters. The SMILES string of the molecule is CC1(C)CN(CC(=O)N(Cc2ccccc2)c2ccccc2)CCC1N. The van der Waals surface area contributed by atoms with Crippen molar-refractivity contribution in [1.82, 2.24) is 4.90 Å². The molecule has 1 fully saturated rings. The van der Waals surface area contributed by atoms with Crippen molar-refractivity contribution in [2.45, 2.75) is 32.9 Å². The number of nitrogens with two attached hydrogens (primary N) is 1. The molecule has 3 rings (SSSR count). The van der Waals surface area contributed by atoms with Gasteiger partial charge in [0, 0.05) is 24.8 Å². The van der Waals surface area contributed by atoms with E-state index in [0.29, 0.717) is 13.1 Å². The van der Waals surface area contributed by atoms with E-state index in [1.165, 1.54) is 0 Å². The van der Waals surface area contributed by atoms with E-state index in [1.807, 2.05) is 53.4 Å². The number of rotatable bonds is 5. The van der Waals surface area contributed by atoms with Crippen LogP contribution in [-0.2, 0) is 11.3 Å². The Kier molecular flexibility index (Phi) is 5.74. The largest absolute Gasteiger partial charge is 0.327 e. The van der Waals surface area contributed by atoms with Crippen LogP contribution in [0.2, 0.25) is 0 Å². The molecule has 1 amide bonds. The minimum atomic E-state index is 0.0372. The van der Waals surface area contributed by atoms with Gasteiger partial charge >= 0.3 is 0 Å². The third-order valence-corrected chi connectivity index (χ3v) is 5.30. The van der Waals surface area contributed by atoms with Crippen molar-refractivity contribution in [1.29, 1.82) is 0 Å². The van der Waals surface area contributed by atoms with Crippen molar-refractivity contribution < 1.29 is 4.79 Å². The van der Waals surface area contributed by atoms with Gasteiger partial charge in [0.05, 0.1) is 13.1 Å². The number of piperidine rings is 1. The molecule has 4 nitrogen and oxygen atoms in total. The van der Waals surface area contributed by atoms with Gasteiger partial charge < -0.3 is 10.6 Å². The van der Waals surface area contributed by atoms with Crippen LogP contribution in [0.3, 0.4) is 0 Å². The summed E-state index contributed by atoms with van der Waals surface area (Å²) < 4.78 is 0. The molecule has 1 aliphatic heterocycles. The van der Waals surface area contributed by atoms with Gasteiger partial charge in [-0.25, -0.2) is 0 Å². The number of hydrogen-bond acceptors (Lipinski definition) is 3. The van der Waals surface area contributed by atoms with Gasteiger partial charge in [-0.3, -0.25) is 9.69 Å². The first-order valence-electron chi connectivity index (χ1n) is 9.33. The van der Waals surface area contributed by atoms with Gasteiger partial charge in [-0.2, -0.15) is 0 Å². The van der Waals surface area contributed by atoms with Crippen molar-refractivity contribution >= 4 is 11.6 Å². The number of amides is 1.